The molecule has 0 aliphatic heterocycles. The van der Waals surface area contributed by atoms with E-state index in [0.29, 0.717) is 18.1 Å². The molecule has 148 valence electrons. The molecule has 0 atom stereocenters. The molecule has 1 aliphatic carbocycles. The van der Waals surface area contributed by atoms with E-state index in [-0.39, 0.29) is 12.0 Å². The van der Waals surface area contributed by atoms with Gasteiger partial charge >= 0.3 is 0 Å². The number of carbonyl (C=O) groups is 1. The van der Waals surface area contributed by atoms with Gasteiger partial charge in [-0.1, -0.05) is 11.6 Å². The minimum absolute atomic E-state index is 0.135. The number of rotatable bonds is 8. The van der Waals surface area contributed by atoms with Crippen LogP contribution in [0.3, 0.4) is 0 Å². The first kappa shape index (κ1) is 19.9. The van der Waals surface area contributed by atoms with Crippen LogP contribution in [0.5, 0.6) is 5.75 Å². The summed E-state index contributed by atoms with van der Waals surface area (Å²) in [4.78, 5) is 20.7. The number of aromatic nitrogens is 2. The maximum atomic E-state index is 12.4. The second-order valence-corrected chi connectivity index (χ2v) is 7.22. The summed E-state index contributed by atoms with van der Waals surface area (Å²) in [7, 11) is 0. The highest BCUT2D eigenvalue weighted by molar-refractivity contribution is 5.92. The summed E-state index contributed by atoms with van der Waals surface area (Å²) in [5, 5.41) is 6.14. The minimum Gasteiger partial charge on any atom is -0.491 e. The van der Waals surface area contributed by atoms with E-state index in [9.17, 15) is 4.79 Å². The monoisotopic (exact) mass is 380 g/mol. The van der Waals surface area contributed by atoms with Crippen molar-refractivity contribution in [3.05, 3.63) is 54.0 Å². The maximum absolute atomic E-state index is 12.4. The number of amides is 1. The van der Waals surface area contributed by atoms with Crippen molar-refractivity contribution < 1.29 is 9.53 Å². The smallest absolute Gasteiger partial charge is 0.270 e. The average Bonchev–Trinajstić information content (AvgIpc) is 2.70. The van der Waals surface area contributed by atoms with Crippen LogP contribution in [-0.2, 0) is 0 Å². The van der Waals surface area contributed by atoms with Crippen molar-refractivity contribution >= 4 is 17.4 Å². The molecule has 0 saturated carbocycles. The van der Waals surface area contributed by atoms with Gasteiger partial charge in [0.15, 0.2) is 0 Å². The van der Waals surface area contributed by atoms with Crippen LogP contribution in [0.2, 0.25) is 0 Å². The Labute approximate surface area is 166 Å². The standard InChI is InChI=1S/C22H28N4O2/c1-16(2)28-19-10-8-18(9-11-19)26-21-14-20(24-15-25-21)22(27)23-13-12-17-6-4-3-5-7-17/h6,8-11,14-16H,3-5,7,12-13H2,1-2H3,(H,23,27)(H,24,25,26). The average molecular weight is 380 g/mol. The molecule has 0 bridgehead atoms. The van der Waals surface area contributed by atoms with E-state index >= 15 is 0 Å². The Morgan fingerprint density at radius 2 is 2.00 bits per heavy atom. The molecule has 6 nitrogen and oxygen atoms in total. The quantitative estimate of drug-likeness (QED) is 0.653. The summed E-state index contributed by atoms with van der Waals surface area (Å²) in [6.45, 7) is 4.62. The summed E-state index contributed by atoms with van der Waals surface area (Å²) in [6, 6.07) is 9.29. The van der Waals surface area contributed by atoms with Crippen molar-refractivity contribution in [2.24, 2.45) is 0 Å². The first-order valence-corrected chi connectivity index (χ1v) is 9.92. The number of nitrogens with zero attached hydrogens (tertiary/aromatic N) is 2. The van der Waals surface area contributed by atoms with Crippen LogP contribution in [0, 0.1) is 0 Å². The van der Waals surface area contributed by atoms with E-state index in [1.165, 1.54) is 24.7 Å². The third-order valence-corrected chi connectivity index (χ3v) is 4.51. The zero-order valence-corrected chi connectivity index (χ0v) is 16.6. The molecule has 28 heavy (non-hydrogen) atoms. The lowest BCUT2D eigenvalue weighted by atomic mass is 9.97. The van der Waals surface area contributed by atoms with Crippen molar-refractivity contribution in [2.75, 3.05) is 11.9 Å². The molecule has 0 radical (unpaired) electrons. The number of allylic oxidation sites excluding steroid dienone is 1. The second kappa shape index (κ2) is 9.88. The Balaban J connectivity index is 1.54. The first-order chi connectivity index (χ1) is 13.6. The molecule has 0 unspecified atom stereocenters. The van der Waals surface area contributed by atoms with Gasteiger partial charge in [0, 0.05) is 18.3 Å². The number of hydrogen-bond acceptors (Lipinski definition) is 5. The van der Waals surface area contributed by atoms with E-state index < -0.39 is 0 Å². The fraction of sp³-hybridized carbons (Fsp3) is 0.409. The van der Waals surface area contributed by atoms with Crippen LogP contribution < -0.4 is 15.4 Å². The predicted octanol–water partition coefficient (Wildman–Crippen LogP) is 4.63. The van der Waals surface area contributed by atoms with Crippen LogP contribution in [0.15, 0.2) is 48.3 Å². The molecule has 3 rings (SSSR count). The molecule has 2 aromatic rings. The first-order valence-electron chi connectivity index (χ1n) is 9.92. The summed E-state index contributed by atoms with van der Waals surface area (Å²) in [5.74, 6) is 1.21. The summed E-state index contributed by atoms with van der Waals surface area (Å²) in [5.41, 5.74) is 2.67. The van der Waals surface area contributed by atoms with Gasteiger partial charge in [0.2, 0.25) is 0 Å². The van der Waals surface area contributed by atoms with Crippen LogP contribution in [0.4, 0.5) is 11.5 Å². The number of ether oxygens (including phenoxy) is 1. The summed E-state index contributed by atoms with van der Waals surface area (Å²) >= 11 is 0. The third kappa shape index (κ3) is 6.08. The fourth-order valence-electron chi connectivity index (χ4n) is 3.15. The van der Waals surface area contributed by atoms with Gasteiger partial charge < -0.3 is 15.4 Å². The Hall–Kier alpha value is -2.89. The molecule has 6 heteroatoms. The molecule has 2 N–H and O–H groups in total. The lowest BCUT2D eigenvalue weighted by Crippen LogP contribution is -2.26. The van der Waals surface area contributed by atoms with Crippen molar-refractivity contribution in [1.82, 2.24) is 15.3 Å². The van der Waals surface area contributed by atoms with E-state index in [2.05, 4.69) is 26.7 Å². The number of nitrogens with one attached hydrogen (secondary N) is 2. The molecular formula is C22H28N4O2. The topological polar surface area (TPSA) is 76.1 Å². The minimum atomic E-state index is -0.178. The Morgan fingerprint density at radius 3 is 2.71 bits per heavy atom. The van der Waals surface area contributed by atoms with Crippen LogP contribution in [-0.4, -0.2) is 28.5 Å². The molecule has 0 saturated heterocycles. The van der Waals surface area contributed by atoms with E-state index in [1.54, 1.807) is 6.07 Å². The zero-order chi connectivity index (χ0) is 19.8. The van der Waals surface area contributed by atoms with E-state index in [1.807, 2.05) is 38.1 Å². The molecule has 1 heterocycles. The molecule has 1 amide bonds. The van der Waals surface area contributed by atoms with Gasteiger partial charge in [-0.05, 0) is 70.2 Å². The fourth-order valence-corrected chi connectivity index (χ4v) is 3.15. The van der Waals surface area contributed by atoms with Crippen molar-refractivity contribution in [1.29, 1.82) is 0 Å². The van der Waals surface area contributed by atoms with Crippen molar-refractivity contribution in [3.63, 3.8) is 0 Å². The van der Waals surface area contributed by atoms with Gasteiger partial charge in [0.05, 0.1) is 6.10 Å². The molecule has 1 aliphatic rings. The van der Waals surface area contributed by atoms with Crippen LogP contribution in [0.1, 0.15) is 56.4 Å². The van der Waals surface area contributed by atoms with E-state index in [4.69, 9.17) is 4.74 Å². The Kier molecular flexibility index (Phi) is 7.00. The lowest BCUT2D eigenvalue weighted by Gasteiger charge is -2.13. The lowest BCUT2D eigenvalue weighted by molar-refractivity contribution is 0.0949. The highest BCUT2D eigenvalue weighted by Gasteiger charge is 2.10. The SMILES string of the molecule is CC(C)Oc1ccc(Nc2cc(C(=O)NCCC3=CCCCC3)ncn2)cc1. The number of anilines is 2. The highest BCUT2D eigenvalue weighted by Crippen LogP contribution is 2.21. The summed E-state index contributed by atoms with van der Waals surface area (Å²) < 4.78 is 5.64. The molecule has 0 fully saturated rings. The molecular weight excluding hydrogens is 352 g/mol. The largest absolute Gasteiger partial charge is 0.491 e. The van der Waals surface area contributed by atoms with Gasteiger partial charge in [-0.15, -0.1) is 0 Å². The molecule has 0 spiro atoms. The van der Waals surface area contributed by atoms with Gasteiger partial charge in [-0.25, -0.2) is 9.97 Å². The van der Waals surface area contributed by atoms with Crippen LogP contribution in [0.25, 0.3) is 0 Å². The van der Waals surface area contributed by atoms with Gasteiger partial charge in [-0.3, -0.25) is 4.79 Å². The summed E-state index contributed by atoms with van der Waals surface area (Å²) in [6.07, 6.45) is 9.60. The molecule has 1 aromatic carbocycles. The predicted molar refractivity (Wildman–Crippen MR) is 111 cm³/mol. The molecule has 1 aromatic heterocycles. The Bertz CT molecular complexity index is 816. The van der Waals surface area contributed by atoms with Gasteiger partial charge in [0.25, 0.3) is 5.91 Å². The van der Waals surface area contributed by atoms with Crippen molar-refractivity contribution in [3.8, 4) is 5.75 Å². The van der Waals surface area contributed by atoms with Gasteiger partial charge in [0.1, 0.15) is 23.6 Å². The normalized spacial score (nSPS) is 13.8. The van der Waals surface area contributed by atoms with Crippen molar-refractivity contribution in [2.45, 2.75) is 52.1 Å². The van der Waals surface area contributed by atoms with Gasteiger partial charge in [-0.2, -0.15) is 0 Å². The van der Waals surface area contributed by atoms with Crippen LogP contribution >= 0.6 is 0 Å². The number of carbonyl (C=O) groups excluding carboxylic acids is 1. The van der Waals surface area contributed by atoms with E-state index in [0.717, 1.165) is 30.7 Å². The second-order valence-electron chi connectivity index (χ2n) is 7.22. The maximum Gasteiger partial charge on any atom is 0.270 e. The number of hydrogen-bond donors (Lipinski definition) is 2. The highest BCUT2D eigenvalue weighted by atomic mass is 16.5. The number of benzene rings is 1. The zero-order valence-electron chi connectivity index (χ0n) is 16.6. The Morgan fingerprint density at radius 1 is 1.18 bits per heavy atom. The third-order valence-electron chi connectivity index (χ3n) is 4.51.